The second kappa shape index (κ2) is 6.77. The molecule has 0 aromatic rings. The second-order valence-corrected chi connectivity index (χ2v) is 6.17. The molecule has 1 heterocycles. The molecule has 2 nitrogen and oxygen atoms in total. The molecule has 1 saturated carbocycles. The monoisotopic (exact) mass is 301 g/mol. The van der Waals surface area contributed by atoms with Crippen molar-refractivity contribution < 1.29 is 4.79 Å². The van der Waals surface area contributed by atoms with Crippen molar-refractivity contribution in [1.82, 2.24) is 4.90 Å². The summed E-state index contributed by atoms with van der Waals surface area (Å²) in [5.74, 6) is 0.781. The Labute approximate surface area is 113 Å². The highest BCUT2D eigenvalue weighted by molar-refractivity contribution is 9.09. The molecule has 0 bridgehead atoms. The molecule has 1 aliphatic heterocycles. The van der Waals surface area contributed by atoms with Crippen LogP contribution in [0.4, 0.5) is 0 Å². The van der Waals surface area contributed by atoms with Crippen LogP contribution in [0.5, 0.6) is 0 Å². The smallest absolute Gasteiger partial charge is 0.225 e. The molecular formula is C14H24BrNO. The number of carbonyl (C=O) groups excluding carboxylic acids is 1. The maximum Gasteiger partial charge on any atom is 0.225 e. The first-order chi connectivity index (χ1) is 8.33. The zero-order valence-corrected chi connectivity index (χ0v) is 12.3. The Bertz CT molecular complexity index is 249. The standard InChI is InChI=1S/C14H24BrNO/c15-11-13-9-6-10-16(13)14(17)12-7-4-2-1-3-5-8-12/h12-13H,1-11H2. The maximum atomic E-state index is 12.5. The normalized spacial score (nSPS) is 27.8. The van der Waals surface area contributed by atoms with Crippen molar-refractivity contribution in [2.75, 3.05) is 11.9 Å². The predicted octanol–water partition coefficient (Wildman–Crippen LogP) is 3.73. The lowest BCUT2D eigenvalue weighted by molar-refractivity contribution is -0.136. The number of hydrogen-bond acceptors (Lipinski definition) is 1. The summed E-state index contributed by atoms with van der Waals surface area (Å²) in [4.78, 5) is 14.7. The van der Waals surface area contributed by atoms with Crippen molar-refractivity contribution in [3.05, 3.63) is 0 Å². The summed E-state index contributed by atoms with van der Waals surface area (Å²) in [7, 11) is 0. The number of likely N-dealkylation sites (tertiary alicyclic amines) is 1. The Kier molecular flexibility index (Phi) is 5.33. The van der Waals surface area contributed by atoms with Gasteiger partial charge in [0.2, 0.25) is 5.91 Å². The number of amides is 1. The van der Waals surface area contributed by atoms with Gasteiger partial charge in [-0.1, -0.05) is 48.0 Å². The summed E-state index contributed by atoms with van der Waals surface area (Å²) in [6, 6.07) is 0.466. The number of rotatable bonds is 2. The highest BCUT2D eigenvalue weighted by Crippen LogP contribution is 2.28. The molecule has 1 amide bonds. The van der Waals surface area contributed by atoms with Crippen molar-refractivity contribution in [2.45, 2.75) is 63.8 Å². The van der Waals surface area contributed by atoms with Crippen molar-refractivity contribution in [3.8, 4) is 0 Å². The van der Waals surface area contributed by atoms with Gasteiger partial charge in [0, 0.05) is 23.8 Å². The van der Waals surface area contributed by atoms with Crippen LogP contribution in [0.2, 0.25) is 0 Å². The van der Waals surface area contributed by atoms with E-state index in [-0.39, 0.29) is 0 Å². The highest BCUT2D eigenvalue weighted by Gasteiger charge is 2.32. The van der Waals surface area contributed by atoms with Crippen LogP contribution in [0, 0.1) is 5.92 Å². The van der Waals surface area contributed by atoms with Crippen LogP contribution in [0.25, 0.3) is 0 Å². The summed E-state index contributed by atoms with van der Waals surface area (Å²) in [5.41, 5.74) is 0. The zero-order chi connectivity index (χ0) is 12.1. The van der Waals surface area contributed by atoms with Crippen LogP contribution in [-0.2, 0) is 4.79 Å². The highest BCUT2D eigenvalue weighted by atomic mass is 79.9. The summed E-state index contributed by atoms with van der Waals surface area (Å²) in [6.07, 6.45) is 11.2. The fraction of sp³-hybridized carbons (Fsp3) is 0.929. The van der Waals surface area contributed by atoms with Crippen LogP contribution < -0.4 is 0 Å². The minimum Gasteiger partial charge on any atom is -0.339 e. The Hall–Kier alpha value is -0.0500. The van der Waals surface area contributed by atoms with E-state index >= 15 is 0 Å². The Morgan fingerprint density at radius 1 is 1.00 bits per heavy atom. The number of hydrogen-bond donors (Lipinski definition) is 0. The number of halogens is 1. The summed E-state index contributed by atoms with van der Waals surface area (Å²) >= 11 is 3.54. The molecule has 2 fully saturated rings. The molecule has 98 valence electrons. The Balaban J connectivity index is 1.92. The van der Waals surface area contributed by atoms with Gasteiger partial charge in [-0.25, -0.2) is 0 Å². The Morgan fingerprint density at radius 2 is 1.65 bits per heavy atom. The van der Waals surface area contributed by atoms with E-state index < -0.39 is 0 Å². The molecule has 1 unspecified atom stereocenters. The largest absolute Gasteiger partial charge is 0.339 e. The summed E-state index contributed by atoms with van der Waals surface area (Å²) in [6.45, 7) is 0.992. The molecule has 0 radical (unpaired) electrons. The average molecular weight is 302 g/mol. The van der Waals surface area contributed by atoms with Gasteiger partial charge in [0.25, 0.3) is 0 Å². The van der Waals surface area contributed by atoms with Gasteiger partial charge in [-0.2, -0.15) is 0 Å². The molecule has 2 aliphatic rings. The molecule has 1 atom stereocenters. The molecule has 0 spiro atoms. The van der Waals surface area contributed by atoms with E-state index in [0.717, 1.165) is 24.7 Å². The predicted molar refractivity (Wildman–Crippen MR) is 74.3 cm³/mol. The zero-order valence-electron chi connectivity index (χ0n) is 10.7. The second-order valence-electron chi connectivity index (χ2n) is 5.52. The van der Waals surface area contributed by atoms with E-state index in [0.29, 0.717) is 17.9 Å². The van der Waals surface area contributed by atoms with E-state index in [2.05, 4.69) is 20.8 Å². The van der Waals surface area contributed by atoms with Crippen LogP contribution in [-0.4, -0.2) is 28.7 Å². The lowest BCUT2D eigenvalue weighted by atomic mass is 9.90. The van der Waals surface area contributed by atoms with Crippen LogP contribution in [0.3, 0.4) is 0 Å². The van der Waals surface area contributed by atoms with Gasteiger partial charge >= 0.3 is 0 Å². The first-order valence-electron chi connectivity index (χ1n) is 7.19. The van der Waals surface area contributed by atoms with Gasteiger partial charge in [-0.15, -0.1) is 0 Å². The van der Waals surface area contributed by atoms with Crippen molar-refractivity contribution in [1.29, 1.82) is 0 Å². The van der Waals surface area contributed by atoms with Gasteiger partial charge < -0.3 is 4.90 Å². The number of nitrogens with zero attached hydrogens (tertiary/aromatic N) is 1. The fourth-order valence-electron chi connectivity index (χ4n) is 3.22. The minimum absolute atomic E-state index is 0.329. The first-order valence-corrected chi connectivity index (χ1v) is 8.31. The fourth-order valence-corrected chi connectivity index (χ4v) is 3.90. The van der Waals surface area contributed by atoms with Gasteiger partial charge in [-0.3, -0.25) is 4.79 Å². The van der Waals surface area contributed by atoms with Crippen molar-refractivity contribution >= 4 is 21.8 Å². The van der Waals surface area contributed by atoms with Crippen LogP contribution >= 0.6 is 15.9 Å². The van der Waals surface area contributed by atoms with Gasteiger partial charge in [-0.05, 0) is 25.7 Å². The van der Waals surface area contributed by atoms with Gasteiger partial charge in [0.15, 0.2) is 0 Å². The summed E-state index contributed by atoms with van der Waals surface area (Å²) in [5, 5.41) is 0.950. The topological polar surface area (TPSA) is 20.3 Å². The molecule has 3 heteroatoms. The average Bonchev–Trinajstić information content (AvgIpc) is 2.75. The van der Waals surface area contributed by atoms with Crippen molar-refractivity contribution in [3.63, 3.8) is 0 Å². The molecular weight excluding hydrogens is 278 g/mol. The maximum absolute atomic E-state index is 12.5. The van der Waals surface area contributed by atoms with Gasteiger partial charge in [0.05, 0.1) is 0 Å². The quantitative estimate of drug-likeness (QED) is 0.712. The minimum atomic E-state index is 0.329. The first kappa shape index (κ1) is 13.4. The number of carbonyl (C=O) groups is 1. The Morgan fingerprint density at radius 3 is 2.29 bits per heavy atom. The third kappa shape index (κ3) is 3.46. The third-order valence-electron chi connectivity index (χ3n) is 4.29. The molecule has 2 rings (SSSR count). The third-order valence-corrected chi connectivity index (χ3v) is 5.04. The van der Waals surface area contributed by atoms with Crippen LogP contribution in [0.1, 0.15) is 57.8 Å². The summed E-state index contributed by atoms with van der Waals surface area (Å²) < 4.78 is 0. The van der Waals surface area contributed by atoms with E-state index in [1.165, 1.54) is 44.9 Å². The van der Waals surface area contributed by atoms with E-state index in [4.69, 9.17) is 0 Å². The molecule has 0 N–H and O–H groups in total. The van der Waals surface area contributed by atoms with E-state index in [1.54, 1.807) is 0 Å². The molecule has 17 heavy (non-hydrogen) atoms. The lowest BCUT2D eigenvalue weighted by Crippen LogP contribution is -2.40. The molecule has 1 saturated heterocycles. The van der Waals surface area contributed by atoms with Crippen molar-refractivity contribution in [2.24, 2.45) is 5.92 Å². The lowest BCUT2D eigenvalue weighted by Gasteiger charge is -2.28. The van der Waals surface area contributed by atoms with E-state index in [9.17, 15) is 4.79 Å². The number of alkyl halides is 1. The molecule has 0 aromatic carbocycles. The van der Waals surface area contributed by atoms with Crippen LogP contribution in [0.15, 0.2) is 0 Å². The molecule has 1 aliphatic carbocycles. The van der Waals surface area contributed by atoms with Gasteiger partial charge in [0.1, 0.15) is 0 Å². The SMILES string of the molecule is O=C(C1CCCCCCC1)N1CCCC1CBr. The van der Waals surface area contributed by atoms with E-state index in [1.807, 2.05) is 0 Å². The molecule has 0 aromatic heterocycles.